The molecule has 0 saturated carbocycles. The molecular formula is C49H33NO. The fraction of sp³-hybridized carbons (Fsp3) is 0.0204. The summed E-state index contributed by atoms with van der Waals surface area (Å²) in [4.78, 5) is 2.38. The summed E-state index contributed by atoms with van der Waals surface area (Å²) < 4.78 is 6.78. The van der Waals surface area contributed by atoms with Gasteiger partial charge in [0.1, 0.15) is 11.2 Å². The number of hydrogen-bond acceptors (Lipinski definition) is 2. The molecule has 0 bridgehead atoms. The normalized spacial score (nSPS) is 12.9. The average molecular weight is 652 g/mol. The molecule has 1 aliphatic rings. The molecule has 8 aromatic carbocycles. The zero-order valence-electron chi connectivity index (χ0n) is 27.9. The summed E-state index contributed by atoms with van der Waals surface area (Å²) in [5.74, 6) is 0. The quantitative estimate of drug-likeness (QED) is 0.178. The molecule has 0 fully saturated rings. The second kappa shape index (κ2) is 11.8. The number of benzene rings is 8. The highest BCUT2D eigenvalue weighted by atomic mass is 16.3. The lowest BCUT2D eigenvalue weighted by molar-refractivity contribution is 0.669. The molecule has 240 valence electrons. The first-order valence-electron chi connectivity index (χ1n) is 17.5. The Kier molecular flexibility index (Phi) is 6.75. The number of furan rings is 1. The molecule has 2 nitrogen and oxygen atoms in total. The Labute approximate surface area is 297 Å². The smallest absolute Gasteiger partial charge is 0.143 e. The molecule has 1 aliphatic carbocycles. The topological polar surface area (TPSA) is 16.4 Å². The fourth-order valence-corrected chi connectivity index (χ4v) is 8.36. The first kappa shape index (κ1) is 29.3. The summed E-state index contributed by atoms with van der Waals surface area (Å²) in [6.07, 6.45) is 0. The maximum atomic E-state index is 6.78. The summed E-state index contributed by atoms with van der Waals surface area (Å²) in [6, 6.07) is 72.1. The van der Waals surface area contributed by atoms with E-state index in [0.29, 0.717) is 0 Å². The van der Waals surface area contributed by atoms with Gasteiger partial charge in [-0.25, -0.2) is 0 Å². The monoisotopic (exact) mass is 651 g/mol. The van der Waals surface area contributed by atoms with E-state index in [-0.39, 0.29) is 0 Å². The van der Waals surface area contributed by atoms with E-state index in [4.69, 9.17) is 4.42 Å². The van der Waals surface area contributed by atoms with Crippen molar-refractivity contribution < 1.29 is 4.42 Å². The first-order valence-corrected chi connectivity index (χ1v) is 17.5. The summed E-state index contributed by atoms with van der Waals surface area (Å²) in [6.45, 7) is 0. The number of nitrogens with zero attached hydrogens (tertiary/aromatic N) is 1. The molecule has 51 heavy (non-hydrogen) atoms. The van der Waals surface area contributed by atoms with Gasteiger partial charge in [0.05, 0.1) is 5.41 Å². The average Bonchev–Trinajstić information content (AvgIpc) is 3.73. The van der Waals surface area contributed by atoms with E-state index >= 15 is 0 Å². The summed E-state index contributed by atoms with van der Waals surface area (Å²) >= 11 is 0. The SMILES string of the molecule is c1ccc(-c2cccc(N(c3ccccc3)c3ccc4c(c3)C(c3ccccc3)(c3ccccc3)c3ccc5c(oc6ccccc65)c3-4)c2)cc1. The van der Waals surface area contributed by atoms with Crippen LogP contribution in [0.1, 0.15) is 22.3 Å². The van der Waals surface area contributed by atoms with Gasteiger partial charge in [-0.15, -0.1) is 0 Å². The van der Waals surface area contributed by atoms with Gasteiger partial charge in [0.15, 0.2) is 0 Å². The van der Waals surface area contributed by atoms with Gasteiger partial charge in [0.2, 0.25) is 0 Å². The molecule has 0 atom stereocenters. The zero-order chi connectivity index (χ0) is 33.8. The van der Waals surface area contributed by atoms with E-state index < -0.39 is 5.41 Å². The number of hydrogen-bond donors (Lipinski definition) is 0. The Hall–Kier alpha value is -6.64. The maximum absolute atomic E-state index is 6.78. The van der Waals surface area contributed by atoms with Crippen molar-refractivity contribution >= 4 is 39.0 Å². The maximum Gasteiger partial charge on any atom is 0.143 e. The lowest BCUT2D eigenvalue weighted by Gasteiger charge is -2.35. The Morgan fingerprint density at radius 3 is 1.71 bits per heavy atom. The molecule has 10 rings (SSSR count). The molecule has 0 N–H and O–H groups in total. The van der Waals surface area contributed by atoms with Gasteiger partial charge in [-0.3, -0.25) is 0 Å². The molecule has 1 heterocycles. The molecule has 2 heteroatoms. The van der Waals surface area contributed by atoms with Crippen molar-refractivity contribution in [1.29, 1.82) is 0 Å². The minimum absolute atomic E-state index is 0.579. The number of para-hydroxylation sites is 2. The van der Waals surface area contributed by atoms with Crippen molar-refractivity contribution in [1.82, 2.24) is 0 Å². The Bertz CT molecular complexity index is 2640. The largest absolute Gasteiger partial charge is 0.455 e. The molecule has 0 unspecified atom stereocenters. The molecule has 9 aromatic rings. The van der Waals surface area contributed by atoms with E-state index in [1.807, 2.05) is 6.07 Å². The van der Waals surface area contributed by atoms with E-state index in [0.717, 1.165) is 44.6 Å². The molecular weight excluding hydrogens is 619 g/mol. The molecule has 0 saturated heterocycles. The molecule has 0 aliphatic heterocycles. The van der Waals surface area contributed by atoms with Crippen LogP contribution in [0.25, 0.3) is 44.2 Å². The third-order valence-electron chi connectivity index (χ3n) is 10.5. The highest BCUT2D eigenvalue weighted by molar-refractivity contribution is 6.12. The number of fused-ring (bicyclic) bond motifs is 7. The van der Waals surface area contributed by atoms with Crippen LogP contribution in [0.4, 0.5) is 17.1 Å². The van der Waals surface area contributed by atoms with Crippen LogP contribution in [0.2, 0.25) is 0 Å². The zero-order valence-corrected chi connectivity index (χ0v) is 27.9. The van der Waals surface area contributed by atoms with Gasteiger partial charge in [-0.1, -0.05) is 158 Å². The van der Waals surface area contributed by atoms with Crippen molar-refractivity contribution in [2.45, 2.75) is 5.41 Å². The Morgan fingerprint density at radius 1 is 0.392 bits per heavy atom. The predicted molar refractivity (Wildman–Crippen MR) is 211 cm³/mol. The van der Waals surface area contributed by atoms with Gasteiger partial charge in [-0.05, 0) is 81.4 Å². The van der Waals surface area contributed by atoms with Crippen LogP contribution in [0.15, 0.2) is 205 Å². The Balaban J connectivity index is 1.28. The summed E-state index contributed by atoms with van der Waals surface area (Å²) in [5.41, 5.74) is 14.2. The van der Waals surface area contributed by atoms with Crippen LogP contribution >= 0.6 is 0 Å². The van der Waals surface area contributed by atoms with Crippen LogP contribution in [0.5, 0.6) is 0 Å². The molecule has 1 aromatic heterocycles. The molecule has 0 amide bonds. The van der Waals surface area contributed by atoms with Crippen molar-refractivity contribution in [2.24, 2.45) is 0 Å². The number of anilines is 3. The molecule has 0 radical (unpaired) electrons. The van der Waals surface area contributed by atoms with Crippen molar-refractivity contribution in [3.63, 3.8) is 0 Å². The van der Waals surface area contributed by atoms with E-state index in [9.17, 15) is 0 Å². The highest BCUT2D eigenvalue weighted by Crippen LogP contribution is 2.59. The van der Waals surface area contributed by atoms with Crippen LogP contribution in [-0.2, 0) is 5.41 Å². The Morgan fingerprint density at radius 2 is 0.980 bits per heavy atom. The van der Waals surface area contributed by atoms with Gasteiger partial charge in [-0.2, -0.15) is 0 Å². The predicted octanol–water partition coefficient (Wildman–Crippen LogP) is 13.1. The number of rotatable bonds is 6. The molecule has 0 spiro atoms. The lowest BCUT2D eigenvalue weighted by atomic mass is 9.67. The van der Waals surface area contributed by atoms with Crippen molar-refractivity contribution in [3.05, 3.63) is 222 Å². The minimum atomic E-state index is -0.579. The van der Waals surface area contributed by atoms with E-state index in [2.05, 4.69) is 199 Å². The summed E-state index contributed by atoms with van der Waals surface area (Å²) in [5, 5.41) is 2.28. The second-order valence-corrected chi connectivity index (χ2v) is 13.3. The van der Waals surface area contributed by atoms with Crippen LogP contribution in [0.3, 0.4) is 0 Å². The van der Waals surface area contributed by atoms with E-state index in [1.54, 1.807) is 0 Å². The van der Waals surface area contributed by atoms with Crippen LogP contribution in [0, 0.1) is 0 Å². The fourth-order valence-electron chi connectivity index (χ4n) is 8.36. The van der Waals surface area contributed by atoms with Crippen LogP contribution in [-0.4, -0.2) is 0 Å². The third-order valence-corrected chi connectivity index (χ3v) is 10.5. The van der Waals surface area contributed by atoms with Crippen LogP contribution < -0.4 is 4.90 Å². The van der Waals surface area contributed by atoms with Gasteiger partial charge in [0, 0.05) is 33.4 Å². The second-order valence-electron chi connectivity index (χ2n) is 13.3. The first-order chi connectivity index (χ1) is 25.3. The minimum Gasteiger partial charge on any atom is -0.455 e. The third kappa shape index (κ3) is 4.50. The van der Waals surface area contributed by atoms with E-state index in [1.165, 1.54) is 38.9 Å². The highest BCUT2D eigenvalue weighted by Gasteiger charge is 2.47. The lowest BCUT2D eigenvalue weighted by Crippen LogP contribution is -2.28. The van der Waals surface area contributed by atoms with Gasteiger partial charge < -0.3 is 9.32 Å². The van der Waals surface area contributed by atoms with Crippen molar-refractivity contribution in [3.8, 4) is 22.3 Å². The summed E-state index contributed by atoms with van der Waals surface area (Å²) in [7, 11) is 0. The van der Waals surface area contributed by atoms with Gasteiger partial charge >= 0.3 is 0 Å². The van der Waals surface area contributed by atoms with Crippen molar-refractivity contribution in [2.75, 3.05) is 4.90 Å². The standard InChI is InChI=1S/C49H33NO/c1-5-16-34(17-6-1)35-18-15-25-39(32-35)50(38-23-11-4-12-24-38)40-28-29-43-45(33-40)49(36-19-7-2-8-20-36,37-21-9-3-10-22-37)44-31-30-42-41-26-13-14-27-46(41)51-48(42)47(43)44/h1-33H. The van der Waals surface area contributed by atoms with Gasteiger partial charge in [0.25, 0.3) is 0 Å².